The van der Waals surface area contributed by atoms with Crippen LogP contribution in [0.5, 0.6) is 0 Å². The Balaban J connectivity index is 1.89. The quantitative estimate of drug-likeness (QED) is 0.833. The molecule has 2 heterocycles. The van der Waals surface area contributed by atoms with Gasteiger partial charge in [-0.3, -0.25) is 4.79 Å². The lowest BCUT2D eigenvalue weighted by Gasteiger charge is -2.32. The van der Waals surface area contributed by atoms with Crippen molar-refractivity contribution in [3.05, 3.63) is 42.2 Å². The van der Waals surface area contributed by atoms with Gasteiger partial charge in [0.25, 0.3) is 5.91 Å². The van der Waals surface area contributed by atoms with E-state index in [9.17, 15) is 13.2 Å². The van der Waals surface area contributed by atoms with E-state index < -0.39 is 15.1 Å². The molecule has 0 radical (unpaired) electrons. The lowest BCUT2D eigenvalue weighted by atomic mass is 10.1. The van der Waals surface area contributed by atoms with Gasteiger partial charge in [0.05, 0.1) is 28.9 Å². The number of amides is 1. The van der Waals surface area contributed by atoms with Crippen LogP contribution < -0.4 is 0 Å². The zero-order valence-corrected chi connectivity index (χ0v) is 13.6. The van der Waals surface area contributed by atoms with Crippen molar-refractivity contribution in [3.63, 3.8) is 0 Å². The lowest BCUT2D eigenvalue weighted by molar-refractivity contribution is 0.0727. The SMILES string of the molecule is CS(=O)(=O)C1CCCN(C(=O)c2ccccc2-n2ccnn2)C1. The van der Waals surface area contributed by atoms with Crippen LogP contribution in [0.3, 0.4) is 0 Å². The zero-order valence-electron chi connectivity index (χ0n) is 12.8. The highest BCUT2D eigenvalue weighted by molar-refractivity contribution is 7.91. The van der Waals surface area contributed by atoms with Crippen molar-refractivity contribution in [2.45, 2.75) is 18.1 Å². The van der Waals surface area contributed by atoms with E-state index in [-0.39, 0.29) is 12.5 Å². The highest BCUT2D eigenvalue weighted by Crippen LogP contribution is 2.21. The first-order valence-corrected chi connectivity index (χ1v) is 9.36. The molecule has 0 spiro atoms. The summed E-state index contributed by atoms with van der Waals surface area (Å²) in [5.41, 5.74) is 1.13. The normalized spacial score (nSPS) is 18.8. The number of likely N-dealkylation sites (tertiary alicyclic amines) is 1. The number of para-hydroxylation sites is 1. The van der Waals surface area contributed by atoms with E-state index in [0.29, 0.717) is 30.6 Å². The Morgan fingerprint density at radius 3 is 2.78 bits per heavy atom. The van der Waals surface area contributed by atoms with Crippen molar-refractivity contribution < 1.29 is 13.2 Å². The van der Waals surface area contributed by atoms with Crippen LogP contribution in [0.15, 0.2) is 36.7 Å². The van der Waals surface area contributed by atoms with Crippen LogP contribution in [-0.2, 0) is 9.84 Å². The van der Waals surface area contributed by atoms with Crippen molar-refractivity contribution >= 4 is 15.7 Å². The molecular weight excluding hydrogens is 316 g/mol. The second-order valence-electron chi connectivity index (χ2n) is 5.71. The van der Waals surface area contributed by atoms with Gasteiger partial charge in [-0.1, -0.05) is 17.3 Å². The average molecular weight is 334 g/mol. The molecule has 0 aliphatic carbocycles. The molecule has 122 valence electrons. The van der Waals surface area contributed by atoms with E-state index in [4.69, 9.17) is 0 Å². The Kier molecular flexibility index (Phi) is 4.16. The van der Waals surface area contributed by atoms with E-state index in [1.165, 1.54) is 10.9 Å². The van der Waals surface area contributed by atoms with E-state index in [2.05, 4.69) is 10.3 Å². The number of carbonyl (C=O) groups excluding carboxylic acids is 1. The molecule has 1 saturated heterocycles. The van der Waals surface area contributed by atoms with Crippen LogP contribution >= 0.6 is 0 Å². The van der Waals surface area contributed by atoms with Crippen LogP contribution in [-0.4, -0.2) is 58.8 Å². The van der Waals surface area contributed by atoms with Gasteiger partial charge in [0, 0.05) is 19.3 Å². The Labute approximate surface area is 134 Å². The average Bonchev–Trinajstić information content (AvgIpc) is 3.08. The molecule has 23 heavy (non-hydrogen) atoms. The van der Waals surface area contributed by atoms with Gasteiger partial charge >= 0.3 is 0 Å². The summed E-state index contributed by atoms with van der Waals surface area (Å²) in [6.45, 7) is 0.805. The van der Waals surface area contributed by atoms with E-state index in [1.807, 2.05) is 6.07 Å². The van der Waals surface area contributed by atoms with Crippen molar-refractivity contribution in [2.75, 3.05) is 19.3 Å². The first-order valence-electron chi connectivity index (χ1n) is 7.40. The van der Waals surface area contributed by atoms with Crippen LogP contribution in [0.25, 0.3) is 5.69 Å². The van der Waals surface area contributed by atoms with Crippen molar-refractivity contribution in [1.29, 1.82) is 0 Å². The Morgan fingerprint density at radius 1 is 1.30 bits per heavy atom. The zero-order chi connectivity index (χ0) is 16.4. The standard InChI is InChI=1S/C15H18N4O3S/c1-23(21,22)12-5-4-9-18(11-12)15(20)13-6-2-3-7-14(13)19-10-8-16-17-19/h2-3,6-8,10,12H,4-5,9,11H2,1H3. The Hall–Kier alpha value is -2.22. The highest BCUT2D eigenvalue weighted by atomic mass is 32.2. The number of carbonyl (C=O) groups is 1. The van der Waals surface area contributed by atoms with Crippen LogP contribution in [0.4, 0.5) is 0 Å². The first kappa shape index (κ1) is 15.7. The maximum Gasteiger partial charge on any atom is 0.256 e. The minimum Gasteiger partial charge on any atom is -0.337 e. The number of sulfone groups is 1. The predicted octanol–water partition coefficient (Wildman–Crippen LogP) is 0.916. The smallest absolute Gasteiger partial charge is 0.256 e. The van der Waals surface area contributed by atoms with Crippen LogP contribution in [0.2, 0.25) is 0 Å². The third-order valence-corrected chi connectivity index (χ3v) is 5.67. The first-order chi connectivity index (χ1) is 11.0. The van der Waals surface area contributed by atoms with Gasteiger partial charge in [-0.2, -0.15) is 0 Å². The van der Waals surface area contributed by atoms with Crippen molar-refractivity contribution in [1.82, 2.24) is 19.9 Å². The van der Waals surface area contributed by atoms with E-state index >= 15 is 0 Å². The molecular formula is C15H18N4O3S. The lowest BCUT2D eigenvalue weighted by Crippen LogP contribution is -2.45. The Bertz CT molecular complexity index is 802. The second-order valence-corrected chi connectivity index (χ2v) is 8.04. The number of nitrogens with zero attached hydrogens (tertiary/aromatic N) is 4. The van der Waals surface area contributed by atoms with Gasteiger partial charge < -0.3 is 4.90 Å². The van der Waals surface area contributed by atoms with E-state index in [0.717, 1.165) is 0 Å². The summed E-state index contributed by atoms with van der Waals surface area (Å²) in [7, 11) is -3.15. The maximum atomic E-state index is 12.9. The van der Waals surface area contributed by atoms with Crippen molar-refractivity contribution in [3.8, 4) is 5.69 Å². The molecule has 8 heteroatoms. The number of aromatic nitrogens is 3. The molecule has 7 nitrogen and oxygen atoms in total. The molecule has 0 bridgehead atoms. The monoisotopic (exact) mass is 334 g/mol. The largest absolute Gasteiger partial charge is 0.337 e. The predicted molar refractivity (Wildman–Crippen MR) is 85.1 cm³/mol. The third kappa shape index (κ3) is 3.26. The summed E-state index contributed by atoms with van der Waals surface area (Å²) in [5, 5.41) is 7.21. The van der Waals surface area contributed by atoms with Gasteiger partial charge in [0.1, 0.15) is 0 Å². The van der Waals surface area contributed by atoms with Crippen LogP contribution in [0.1, 0.15) is 23.2 Å². The van der Waals surface area contributed by atoms with Crippen molar-refractivity contribution in [2.24, 2.45) is 0 Å². The summed E-state index contributed by atoms with van der Waals surface area (Å²) >= 11 is 0. The Morgan fingerprint density at radius 2 is 2.09 bits per heavy atom. The molecule has 1 aliphatic heterocycles. The molecule has 1 atom stereocenters. The van der Waals surface area contributed by atoms with Gasteiger partial charge in [0.15, 0.2) is 9.84 Å². The summed E-state index contributed by atoms with van der Waals surface area (Å²) in [5.74, 6) is -0.176. The summed E-state index contributed by atoms with van der Waals surface area (Å²) in [6, 6.07) is 7.12. The minimum atomic E-state index is -3.15. The molecule has 2 aromatic rings. The number of rotatable bonds is 3. The van der Waals surface area contributed by atoms with E-state index in [1.54, 1.807) is 35.5 Å². The number of hydrogen-bond acceptors (Lipinski definition) is 5. The second kappa shape index (κ2) is 6.11. The number of hydrogen-bond donors (Lipinski definition) is 0. The van der Waals surface area contributed by atoms with Gasteiger partial charge in [-0.25, -0.2) is 13.1 Å². The summed E-state index contributed by atoms with van der Waals surface area (Å²) in [4.78, 5) is 14.5. The fraction of sp³-hybridized carbons (Fsp3) is 0.400. The fourth-order valence-electron chi connectivity index (χ4n) is 2.83. The highest BCUT2D eigenvalue weighted by Gasteiger charge is 2.31. The van der Waals surface area contributed by atoms with Crippen LogP contribution in [0, 0.1) is 0 Å². The summed E-state index contributed by atoms with van der Waals surface area (Å²) < 4.78 is 25.1. The van der Waals surface area contributed by atoms with Gasteiger partial charge in [-0.05, 0) is 25.0 Å². The fourth-order valence-corrected chi connectivity index (χ4v) is 3.88. The minimum absolute atomic E-state index is 0.176. The third-order valence-electron chi connectivity index (χ3n) is 4.07. The number of piperidine rings is 1. The molecule has 3 rings (SSSR count). The molecule has 1 aliphatic rings. The molecule has 0 saturated carbocycles. The molecule has 0 N–H and O–H groups in total. The molecule has 1 aromatic carbocycles. The molecule has 1 aromatic heterocycles. The molecule has 1 unspecified atom stereocenters. The maximum absolute atomic E-state index is 12.9. The summed E-state index contributed by atoms with van der Waals surface area (Å²) in [6.07, 6.45) is 5.74. The number of benzene rings is 1. The van der Waals surface area contributed by atoms with Gasteiger partial charge in [-0.15, -0.1) is 5.10 Å². The topological polar surface area (TPSA) is 85.2 Å². The molecule has 1 fully saturated rings. The van der Waals surface area contributed by atoms with Gasteiger partial charge in [0.2, 0.25) is 0 Å². The molecule has 1 amide bonds.